The Labute approximate surface area is 117 Å². The van der Waals surface area contributed by atoms with Crippen molar-refractivity contribution in [2.75, 3.05) is 0 Å². The van der Waals surface area contributed by atoms with E-state index in [1.165, 1.54) is 5.56 Å². The highest BCUT2D eigenvalue weighted by atomic mass is 16.4. The number of hydrogen-bond acceptors (Lipinski definition) is 3. The molecule has 1 unspecified atom stereocenters. The Kier molecular flexibility index (Phi) is 3.42. The maximum Gasteiger partial charge on any atom is 0.306 e. The Morgan fingerprint density at radius 1 is 1.40 bits per heavy atom. The number of nitrogens with one attached hydrogen (secondary N) is 1. The summed E-state index contributed by atoms with van der Waals surface area (Å²) >= 11 is 0. The molecule has 2 aromatic heterocycles. The standard InChI is InChI=1S/C15H19N3O2/c1-9(15(19)20)10-2-4-11(5-3-10)12-6-7-16-13-8-17-18-14(12)13/h6-11H,2-5H2,1H3,(H,17,18)(H,19,20). The summed E-state index contributed by atoms with van der Waals surface area (Å²) in [6.45, 7) is 1.83. The monoisotopic (exact) mass is 273 g/mol. The highest BCUT2D eigenvalue weighted by molar-refractivity contribution is 5.77. The molecule has 1 aliphatic rings. The minimum absolute atomic E-state index is 0.236. The molecule has 0 spiro atoms. The van der Waals surface area contributed by atoms with Gasteiger partial charge in [-0.05, 0) is 49.1 Å². The van der Waals surface area contributed by atoms with E-state index >= 15 is 0 Å². The van der Waals surface area contributed by atoms with Gasteiger partial charge in [-0.2, -0.15) is 5.10 Å². The average molecular weight is 273 g/mol. The summed E-state index contributed by atoms with van der Waals surface area (Å²) in [5, 5.41) is 16.2. The highest BCUT2D eigenvalue weighted by Gasteiger charge is 2.30. The summed E-state index contributed by atoms with van der Waals surface area (Å²) in [7, 11) is 0. The molecule has 1 fully saturated rings. The number of pyridine rings is 1. The minimum Gasteiger partial charge on any atom is -0.481 e. The minimum atomic E-state index is -0.673. The van der Waals surface area contributed by atoms with Crippen molar-refractivity contribution in [3.63, 3.8) is 0 Å². The van der Waals surface area contributed by atoms with E-state index in [9.17, 15) is 4.79 Å². The molecule has 1 atom stereocenters. The van der Waals surface area contributed by atoms with Crippen molar-refractivity contribution in [3.05, 3.63) is 24.0 Å². The van der Waals surface area contributed by atoms with Crippen molar-refractivity contribution in [3.8, 4) is 0 Å². The van der Waals surface area contributed by atoms with Crippen LogP contribution < -0.4 is 0 Å². The van der Waals surface area contributed by atoms with E-state index in [2.05, 4.69) is 21.2 Å². The van der Waals surface area contributed by atoms with Gasteiger partial charge in [-0.25, -0.2) is 0 Å². The molecule has 0 radical (unpaired) electrons. The second-order valence-electron chi connectivity index (χ2n) is 5.77. The van der Waals surface area contributed by atoms with Crippen molar-refractivity contribution in [2.45, 2.75) is 38.5 Å². The lowest BCUT2D eigenvalue weighted by Crippen LogP contribution is -2.25. The lowest BCUT2D eigenvalue weighted by molar-refractivity contribution is -0.143. The Morgan fingerprint density at radius 2 is 2.15 bits per heavy atom. The van der Waals surface area contributed by atoms with Crippen molar-refractivity contribution < 1.29 is 9.90 Å². The zero-order valence-electron chi connectivity index (χ0n) is 11.5. The molecule has 2 N–H and O–H groups in total. The summed E-state index contributed by atoms with van der Waals surface area (Å²) in [6.07, 6.45) is 7.63. The van der Waals surface area contributed by atoms with Crippen molar-refractivity contribution in [1.29, 1.82) is 0 Å². The zero-order chi connectivity index (χ0) is 14.1. The van der Waals surface area contributed by atoms with Crippen LogP contribution in [0.3, 0.4) is 0 Å². The Bertz CT molecular complexity index is 614. The van der Waals surface area contributed by atoms with Crippen LogP contribution in [-0.4, -0.2) is 26.3 Å². The quantitative estimate of drug-likeness (QED) is 0.901. The third-order valence-electron chi connectivity index (χ3n) is 4.68. The van der Waals surface area contributed by atoms with Crippen LogP contribution in [0.4, 0.5) is 0 Å². The molecular weight excluding hydrogens is 254 g/mol. The maximum atomic E-state index is 11.1. The first-order valence-corrected chi connectivity index (χ1v) is 7.17. The summed E-state index contributed by atoms with van der Waals surface area (Å²) in [5.74, 6) is -0.116. The van der Waals surface area contributed by atoms with Crippen LogP contribution in [0, 0.1) is 11.8 Å². The van der Waals surface area contributed by atoms with Crippen molar-refractivity contribution in [2.24, 2.45) is 11.8 Å². The van der Waals surface area contributed by atoms with E-state index < -0.39 is 5.97 Å². The van der Waals surface area contributed by atoms with Crippen LogP contribution in [-0.2, 0) is 4.79 Å². The molecule has 1 aliphatic carbocycles. The number of fused-ring (bicyclic) bond motifs is 1. The summed E-state index contributed by atoms with van der Waals surface area (Å²) < 4.78 is 0. The van der Waals surface area contributed by atoms with Crippen LogP contribution in [0.2, 0.25) is 0 Å². The summed E-state index contributed by atoms with van der Waals surface area (Å²) in [4.78, 5) is 15.4. The number of aliphatic carboxylic acids is 1. The first-order valence-electron chi connectivity index (χ1n) is 7.17. The number of carbonyl (C=O) groups is 1. The van der Waals surface area contributed by atoms with Gasteiger partial charge >= 0.3 is 5.97 Å². The molecule has 0 saturated heterocycles. The topological polar surface area (TPSA) is 78.9 Å². The molecule has 5 nitrogen and oxygen atoms in total. The van der Waals surface area contributed by atoms with E-state index in [-0.39, 0.29) is 5.92 Å². The van der Waals surface area contributed by atoms with Crippen LogP contribution in [0.5, 0.6) is 0 Å². The molecule has 5 heteroatoms. The van der Waals surface area contributed by atoms with Crippen LogP contribution >= 0.6 is 0 Å². The van der Waals surface area contributed by atoms with E-state index in [1.807, 2.05) is 13.1 Å². The number of carboxylic acids is 1. The second-order valence-corrected chi connectivity index (χ2v) is 5.77. The van der Waals surface area contributed by atoms with Gasteiger partial charge in [0.15, 0.2) is 0 Å². The van der Waals surface area contributed by atoms with Crippen LogP contribution in [0.25, 0.3) is 11.0 Å². The van der Waals surface area contributed by atoms with Gasteiger partial charge in [-0.1, -0.05) is 6.92 Å². The number of hydrogen-bond donors (Lipinski definition) is 2. The lowest BCUT2D eigenvalue weighted by atomic mass is 9.74. The second kappa shape index (κ2) is 5.23. The highest BCUT2D eigenvalue weighted by Crippen LogP contribution is 2.40. The molecular formula is C15H19N3O2. The Balaban J connectivity index is 1.75. The van der Waals surface area contributed by atoms with Crippen LogP contribution in [0.1, 0.15) is 44.1 Å². The predicted octanol–water partition coefficient (Wildman–Crippen LogP) is 2.95. The molecule has 2 heterocycles. The van der Waals surface area contributed by atoms with E-state index in [1.54, 1.807) is 6.20 Å². The fourth-order valence-electron chi connectivity index (χ4n) is 3.34. The lowest BCUT2D eigenvalue weighted by Gasteiger charge is -2.30. The molecule has 0 amide bonds. The van der Waals surface area contributed by atoms with Gasteiger partial charge < -0.3 is 5.11 Å². The number of carboxylic acid groups (broad SMARTS) is 1. The third kappa shape index (κ3) is 2.28. The van der Waals surface area contributed by atoms with Gasteiger partial charge in [0.2, 0.25) is 0 Å². The fraction of sp³-hybridized carbons (Fsp3) is 0.533. The molecule has 2 aromatic rings. The first kappa shape index (κ1) is 13.1. The number of H-pyrrole nitrogens is 1. The Morgan fingerprint density at radius 3 is 2.85 bits per heavy atom. The van der Waals surface area contributed by atoms with Gasteiger partial charge in [0.05, 0.1) is 17.6 Å². The number of nitrogens with zero attached hydrogens (tertiary/aromatic N) is 2. The molecule has 1 saturated carbocycles. The molecule has 0 bridgehead atoms. The van der Waals surface area contributed by atoms with E-state index in [0.717, 1.165) is 36.7 Å². The van der Waals surface area contributed by atoms with Gasteiger partial charge in [0.1, 0.15) is 5.52 Å². The maximum absolute atomic E-state index is 11.1. The molecule has 3 rings (SSSR count). The number of aromatic amines is 1. The Hall–Kier alpha value is -1.91. The van der Waals surface area contributed by atoms with Crippen LogP contribution in [0.15, 0.2) is 18.5 Å². The van der Waals surface area contributed by atoms with E-state index in [4.69, 9.17) is 5.11 Å². The van der Waals surface area contributed by atoms with Gasteiger partial charge in [-0.3, -0.25) is 14.9 Å². The summed E-state index contributed by atoms with van der Waals surface area (Å²) in [5.41, 5.74) is 3.21. The third-order valence-corrected chi connectivity index (χ3v) is 4.68. The number of rotatable bonds is 3. The van der Waals surface area contributed by atoms with Gasteiger partial charge in [-0.15, -0.1) is 0 Å². The van der Waals surface area contributed by atoms with Gasteiger partial charge in [0, 0.05) is 6.20 Å². The largest absolute Gasteiger partial charge is 0.481 e. The number of aromatic nitrogens is 3. The summed E-state index contributed by atoms with van der Waals surface area (Å²) in [6, 6.07) is 2.06. The average Bonchev–Trinajstić information content (AvgIpc) is 2.95. The predicted molar refractivity (Wildman–Crippen MR) is 75.4 cm³/mol. The normalized spacial score (nSPS) is 24.6. The van der Waals surface area contributed by atoms with E-state index in [0.29, 0.717) is 11.8 Å². The van der Waals surface area contributed by atoms with Crippen molar-refractivity contribution in [1.82, 2.24) is 15.2 Å². The fourth-order valence-corrected chi connectivity index (χ4v) is 3.34. The zero-order valence-corrected chi connectivity index (χ0v) is 11.5. The van der Waals surface area contributed by atoms with Gasteiger partial charge in [0.25, 0.3) is 0 Å². The smallest absolute Gasteiger partial charge is 0.306 e. The SMILES string of the molecule is CC(C(=O)O)C1CCC(c2ccnc3cn[nH]c23)CC1. The molecule has 0 aliphatic heterocycles. The molecule has 106 valence electrons. The molecule has 20 heavy (non-hydrogen) atoms. The first-order chi connectivity index (χ1) is 9.66. The van der Waals surface area contributed by atoms with Crippen molar-refractivity contribution >= 4 is 17.0 Å². The molecule has 0 aromatic carbocycles.